The molecule has 0 fully saturated rings. The number of hydrogen-bond acceptors (Lipinski definition) is 2. The van der Waals surface area contributed by atoms with Gasteiger partial charge in [0.25, 0.3) is 0 Å². The van der Waals surface area contributed by atoms with Crippen molar-refractivity contribution in [3.05, 3.63) is 24.0 Å². The molecule has 0 aliphatic carbocycles. The van der Waals surface area contributed by atoms with Gasteiger partial charge in [-0.15, -0.1) is 24.0 Å². The number of aliphatic imine (C=N–C) groups is 1. The van der Waals surface area contributed by atoms with Crippen molar-refractivity contribution in [2.24, 2.45) is 12.0 Å². The normalized spacial score (nSPS) is 11.2. The third-order valence-corrected chi connectivity index (χ3v) is 3.50. The molecule has 1 aromatic rings. The van der Waals surface area contributed by atoms with E-state index in [9.17, 15) is 0 Å². The highest BCUT2D eigenvalue weighted by atomic mass is 127. The van der Waals surface area contributed by atoms with Gasteiger partial charge in [-0.05, 0) is 31.9 Å². The number of aryl methyl sites for hydroxylation is 1. The van der Waals surface area contributed by atoms with Gasteiger partial charge in [0, 0.05) is 52.3 Å². The Balaban J connectivity index is 0.00000484. The summed E-state index contributed by atoms with van der Waals surface area (Å²) in [6.45, 7) is 8.47. The lowest BCUT2D eigenvalue weighted by Gasteiger charge is -2.22. The minimum atomic E-state index is 0. The van der Waals surface area contributed by atoms with Crippen LogP contribution < -0.4 is 5.32 Å². The standard InChI is InChI=1S/C17H32N4O.HI/c1-5-7-13-22-14-9-11-19-17(18-6-2)21(4)15-16-10-8-12-20(16)3;/h8,10,12H,5-7,9,11,13-15H2,1-4H3,(H,18,19);1H. The van der Waals surface area contributed by atoms with Crippen molar-refractivity contribution < 1.29 is 4.74 Å². The van der Waals surface area contributed by atoms with E-state index in [4.69, 9.17) is 4.74 Å². The lowest BCUT2D eigenvalue weighted by Crippen LogP contribution is -2.39. The van der Waals surface area contributed by atoms with Crippen LogP contribution in [0.15, 0.2) is 23.3 Å². The number of rotatable bonds is 10. The van der Waals surface area contributed by atoms with Crippen molar-refractivity contribution in [3.8, 4) is 0 Å². The van der Waals surface area contributed by atoms with E-state index < -0.39 is 0 Å². The number of aromatic nitrogens is 1. The Hall–Kier alpha value is -0.760. The SMILES string of the molecule is CCCCOCCCN=C(NCC)N(C)Cc1cccn1C.I. The molecule has 0 aliphatic rings. The first-order chi connectivity index (χ1) is 10.7. The Morgan fingerprint density at radius 3 is 2.65 bits per heavy atom. The van der Waals surface area contributed by atoms with E-state index >= 15 is 0 Å². The Morgan fingerprint density at radius 2 is 2.04 bits per heavy atom. The summed E-state index contributed by atoms with van der Waals surface area (Å²) in [4.78, 5) is 6.85. The first-order valence-electron chi connectivity index (χ1n) is 8.36. The van der Waals surface area contributed by atoms with Gasteiger partial charge in [0.2, 0.25) is 0 Å². The second-order valence-corrected chi connectivity index (χ2v) is 5.52. The summed E-state index contributed by atoms with van der Waals surface area (Å²) in [5.74, 6) is 0.956. The van der Waals surface area contributed by atoms with Gasteiger partial charge in [-0.2, -0.15) is 0 Å². The van der Waals surface area contributed by atoms with Crippen LogP contribution in [0.25, 0.3) is 0 Å². The van der Waals surface area contributed by atoms with Crippen LogP contribution in [0.1, 0.15) is 38.8 Å². The highest BCUT2D eigenvalue weighted by Crippen LogP contribution is 2.04. The molecule has 0 saturated heterocycles. The molecule has 0 unspecified atom stereocenters. The number of ether oxygens (including phenoxy) is 1. The molecule has 5 nitrogen and oxygen atoms in total. The van der Waals surface area contributed by atoms with Gasteiger partial charge in [0.15, 0.2) is 5.96 Å². The summed E-state index contributed by atoms with van der Waals surface area (Å²) < 4.78 is 7.71. The maximum atomic E-state index is 5.57. The second kappa shape index (κ2) is 13.7. The number of nitrogens with one attached hydrogen (secondary N) is 1. The number of unbranched alkanes of at least 4 members (excludes halogenated alkanes) is 1. The molecule has 0 bridgehead atoms. The minimum Gasteiger partial charge on any atom is -0.381 e. The zero-order valence-electron chi connectivity index (χ0n) is 15.0. The highest BCUT2D eigenvalue weighted by Gasteiger charge is 2.07. The van der Waals surface area contributed by atoms with Gasteiger partial charge >= 0.3 is 0 Å². The Morgan fingerprint density at radius 1 is 1.30 bits per heavy atom. The number of hydrogen-bond donors (Lipinski definition) is 1. The lowest BCUT2D eigenvalue weighted by molar-refractivity contribution is 0.130. The van der Waals surface area contributed by atoms with Crippen molar-refractivity contribution in [1.82, 2.24) is 14.8 Å². The monoisotopic (exact) mass is 436 g/mol. The van der Waals surface area contributed by atoms with Crippen molar-refractivity contribution in [2.75, 3.05) is 33.4 Å². The number of halogens is 1. The zero-order valence-corrected chi connectivity index (χ0v) is 17.4. The third kappa shape index (κ3) is 9.20. The average Bonchev–Trinajstić information content (AvgIpc) is 2.90. The molecular formula is C17H33IN4O. The summed E-state index contributed by atoms with van der Waals surface area (Å²) in [7, 11) is 4.15. The van der Waals surface area contributed by atoms with Crippen molar-refractivity contribution in [2.45, 2.75) is 39.7 Å². The summed E-state index contributed by atoms with van der Waals surface area (Å²) in [5.41, 5.74) is 1.27. The molecule has 1 heterocycles. The predicted octanol–water partition coefficient (Wildman–Crippen LogP) is 3.25. The second-order valence-electron chi connectivity index (χ2n) is 5.52. The van der Waals surface area contributed by atoms with Crippen LogP contribution in [0.5, 0.6) is 0 Å². The zero-order chi connectivity index (χ0) is 16.2. The van der Waals surface area contributed by atoms with E-state index in [2.05, 4.69) is 66.0 Å². The Labute approximate surface area is 158 Å². The largest absolute Gasteiger partial charge is 0.381 e. The van der Waals surface area contributed by atoms with Gasteiger partial charge < -0.3 is 19.5 Å². The van der Waals surface area contributed by atoms with Crippen molar-refractivity contribution in [3.63, 3.8) is 0 Å². The molecule has 6 heteroatoms. The van der Waals surface area contributed by atoms with Crippen LogP contribution in [0.2, 0.25) is 0 Å². The maximum Gasteiger partial charge on any atom is 0.194 e. The molecule has 1 aromatic heterocycles. The molecule has 0 amide bonds. The Kier molecular flexibility index (Phi) is 13.2. The molecule has 0 spiro atoms. The Bertz CT molecular complexity index is 434. The molecule has 0 atom stereocenters. The fourth-order valence-electron chi connectivity index (χ4n) is 2.15. The fourth-order valence-corrected chi connectivity index (χ4v) is 2.15. The first kappa shape index (κ1) is 22.2. The molecule has 1 N–H and O–H groups in total. The van der Waals surface area contributed by atoms with Gasteiger partial charge in [-0.3, -0.25) is 4.99 Å². The summed E-state index contributed by atoms with van der Waals surface area (Å²) >= 11 is 0. The molecular weight excluding hydrogens is 403 g/mol. The summed E-state index contributed by atoms with van der Waals surface area (Å²) in [5, 5.41) is 3.35. The average molecular weight is 436 g/mol. The third-order valence-electron chi connectivity index (χ3n) is 3.50. The van der Waals surface area contributed by atoms with Crippen molar-refractivity contribution >= 4 is 29.9 Å². The van der Waals surface area contributed by atoms with Crippen LogP contribution in [0.3, 0.4) is 0 Å². The molecule has 23 heavy (non-hydrogen) atoms. The van der Waals surface area contributed by atoms with E-state index in [1.54, 1.807) is 0 Å². The molecule has 0 aromatic carbocycles. The van der Waals surface area contributed by atoms with E-state index in [-0.39, 0.29) is 24.0 Å². The van der Waals surface area contributed by atoms with Crippen LogP contribution >= 0.6 is 24.0 Å². The fraction of sp³-hybridized carbons (Fsp3) is 0.706. The molecule has 1 rings (SSSR count). The lowest BCUT2D eigenvalue weighted by atomic mass is 10.4. The predicted molar refractivity (Wildman–Crippen MR) is 109 cm³/mol. The molecule has 134 valence electrons. The number of guanidine groups is 1. The maximum absolute atomic E-state index is 5.57. The van der Waals surface area contributed by atoms with E-state index in [0.717, 1.165) is 51.6 Å². The van der Waals surface area contributed by atoms with Crippen LogP contribution in [0.4, 0.5) is 0 Å². The number of nitrogens with zero attached hydrogens (tertiary/aromatic N) is 3. The smallest absolute Gasteiger partial charge is 0.194 e. The van der Waals surface area contributed by atoms with E-state index in [0.29, 0.717) is 0 Å². The van der Waals surface area contributed by atoms with E-state index in [1.807, 2.05) is 0 Å². The van der Waals surface area contributed by atoms with Crippen molar-refractivity contribution in [1.29, 1.82) is 0 Å². The molecule has 0 saturated carbocycles. The molecule has 0 radical (unpaired) electrons. The van der Waals surface area contributed by atoms with Gasteiger partial charge in [0.05, 0.1) is 6.54 Å². The summed E-state index contributed by atoms with van der Waals surface area (Å²) in [6.07, 6.45) is 5.37. The minimum absolute atomic E-state index is 0. The van der Waals surface area contributed by atoms with Gasteiger partial charge in [-0.25, -0.2) is 0 Å². The van der Waals surface area contributed by atoms with Crippen LogP contribution in [0, 0.1) is 0 Å². The quantitative estimate of drug-likeness (QED) is 0.265. The van der Waals surface area contributed by atoms with Gasteiger partial charge in [-0.1, -0.05) is 13.3 Å². The van der Waals surface area contributed by atoms with E-state index in [1.165, 1.54) is 12.1 Å². The highest BCUT2D eigenvalue weighted by molar-refractivity contribution is 14.0. The summed E-state index contributed by atoms with van der Waals surface area (Å²) in [6, 6.07) is 4.21. The van der Waals surface area contributed by atoms with Gasteiger partial charge in [0.1, 0.15) is 0 Å². The topological polar surface area (TPSA) is 41.8 Å². The van der Waals surface area contributed by atoms with Crippen LogP contribution in [-0.2, 0) is 18.3 Å². The first-order valence-corrected chi connectivity index (χ1v) is 8.36. The van der Waals surface area contributed by atoms with Crippen LogP contribution in [-0.4, -0.2) is 48.8 Å². The molecule has 0 aliphatic heterocycles.